The third-order valence-corrected chi connectivity index (χ3v) is 3.54. The molecule has 0 nitrogen and oxygen atoms in total. The molecule has 0 N–H and O–H groups in total. The van der Waals surface area contributed by atoms with Gasteiger partial charge >= 0.3 is 0 Å². The van der Waals surface area contributed by atoms with E-state index >= 15 is 0 Å². The van der Waals surface area contributed by atoms with Crippen molar-refractivity contribution in [2.24, 2.45) is 0 Å². The lowest BCUT2D eigenvalue weighted by Crippen LogP contribution is -1.73. The monoisotopic (exact) mass is 282 g/mol. The van der Waals surface area contributed by atoms with Gasteiger partial charge in [0.25, 0.3) is 0 Å². The van der Waals surface area contributed by atoms with Gasteiger partial charge in [0.15, 0.2) is 0 Å². The molecule has 0 spiro atoms. The van der Waals surface area contributed by atoms with Crippen LogP contribution < -0.4 is 0 Å². The average Bonchev–Trinajstić information content (AvgIpc) is 2.64. The van der Waals surface area contributed by atoms with Crippen LogP contribution in [0.25, 0.3) is 21.9 Å². The maximum Gasteiger partial charge on any atom is -0.0184 e. The first-order chi connectivity index (χ1) is 10.9. The number of fused-ring (bicyclic) bond motifs is 1. The Morgan fingerprint density at radius 1 is 0.273 bits per heavy atom. The van der Waals surface area contributed by atoms with Crippen molar-refractivity contribution in [3.63, 3.8) is 0 Å². The van der Waals surface area contributed by atoms with E-state index in [9.17, 15) is 0 Å². The van der Waals surface area contributed by atoms with Crippen LogP contribution in [0.1, 0.15) is 0 Å². The van der Waals surface area contributed by atoms with Crippen LogP contribution in [0.4, 0.5) is 0 Å². The van der Waals surface area contributed by atoms with Crippen molar-refractivity contribution in [2.45, 2.75) is 0 Å². The van der Waals surface area contributed by atoms with Crippen molar-refractivity contribution in [3.05, 3.63) is 109 Å². The van der Waals surface area contributed by atoms with Gasteiger partial charge in [-0.2, -0.15) is 0 Å². The van der Waals surface area contributed by atoms with Crippen molar-refractivity contribution >= 4 is 10.8 Å². The molecule has 0 aromatic heterocycles. The summed E-state index contributed by atoms with van der Waals surface area (Å²) in [6.07, 6.45) is 0. The van der Waals surface area contributed by atoms with Gasteiger partial charge in [-0.3, -0.25) is 0 Å². The minimum Gasteiger partial charge on any atom is -0.0622 e. The molecule has 0 unspecified atom stereocenters. The second-order valence-electron chi connectivity index (χ2n) is 5.08. The molecule has 0 bridgehead atoms. The lowest BCUT2D eigenvalue weighted by Gasteiger charge is -1.98. The van der Waals surface area contributed by atoms with Gasteiger partial charge < -0.3 is 0 Å². The van der Waals surface area contributed by atoms with Crippen molar-refractivity contribution in [2.75, 3.05) is 0 Å². The molecule has 0 atom stereocenters. The first kappa shape index (κ1) is 14.1. The zero-order valence-electron chi connectivity index (χ0n) is 12.4. The molecule has 0 heteroatoms. The van der Waals surface area contributed by atoms with Crippen molar-refractivity contribution < 1.29 is 0 Å². The predicted octanol–water partition coefficient (Wildman–Crippen LogP) is 6.19. The smallest absolute Gasteiger partial charge is 0.0184 e. The molecule has 0 aliphatic carbocycles. The molecule has 0 aliphatic heterocycles. The summed E-state index contributed by atoms with van der Waals surface area (Å²) in [4.78, 5) is 0. The number of benzene rings is 4. The van der Waals surface area contributed by atoms with Gasteiger partial charge in [-0.1, -0.05) is 109 Å². The van der Waals surface area contributed by atoms with Gasteiger partial charge in [0.05, 0.1) is 0 Å². The van der Waals surface area contributed by atoms with Crippen molar-refractivity contribution in [1.29, 1.82) is 0 Å². The summed E-state index contributed by atoms with van der Waals surface area (Å²) in [5.41, 5.74) is 2.55. The van der Waals surface area contributed by atoms with Gasteiger partial charge in [0, 0.05) is 0 Å². The van der Waals surface area contributed by atoms with Gasteiger partial charge in [-0.15, -0.1) is 0 Å². The summed E-state index contributed by atoms with van der Waals surface area (Å²) in [5, 5.41) is 2.62. The van der Waals surface area contributed by atoms with E-state index in [0.717, 1.165) is 0 Å². The molecule has 4 aromatic rings. The van der Waals surface area contributed by atoms with Crippen molar-refractivity contribution in [1.82, 2.24) is 0 Å². The second-order valence-corrected chi connectivity index (χ2v) is 5.08. The minimum atomic E-state index is 1.28. The highest BCUT2D eigenvalue weighted by Crippen LogP contribution is 2.17. The largest absolute Gasteiger partial charge is 0.0622 e. The maximum absolute atomic E-state index is 2.12. The van der Waals surface area contributed by atoms with Crippen LogP contribution in [0, 0.1) is 0 Å². The van der Waals surface area contributed by atoms with Crippen LogP contribution >= 0.6 is 0 Å². The summed E-state index contributed by atoms with van der Waals surface area (Å²) >= 11 is 0. The summed E-state index contributed by atoms with van der Waals surface area (Å²) in [7, 11) is 0. The van der Waals surface area contributed by atoms with E-state index < -0.39 is 0 Å². The quantitative estimate of drug-likeness (QED) is 0.390. The molecule has 22 heavy (non-hydrogen) atoms. The fourth-order valence-electron chi connectivity index (χ4n) is 2.39. The minimum absolute atomic E-state index is 1.28. The summed E-state index contributed by atoms with van der Waals surface area (Å²) < 4.78 is 0. The Kier molecular flexibility index (Phi) is 4.63. The van der Waals surface area contributed by atoms with Gasteiger partial charge in [0.2, 0.25) is 0 Å². The summed E-state index contributed by atoms with van der Waals surface area (Å²) in [6.45, 7) is 0. The number of hydrogen-bond acceptors (Lipinski definition) is 0. The first-order valence-electron chi connectivity index (χ1n) is 7.48. The second kappa shape index (κ2) is 7.24. The van der Waals surface area contributed by atoms with E-state index in [2.05, 4.69) is 97.1 Å². The molecule has 0 amide bonds. The molecule has 0 fully saturated rings. The van der Waals surface area contributed by atoms with Gasteiger partial charge in [-0.25, -0.2) is 0 Å². The van der Waals surface area contributed by atoms with Crippen LogP contribution in [0.2, 0.25) is 0 Å². The highest BCUT2D eigenvalue weighted by atomic mass is 14.0. The first-order valence-corrected chi connectivity index (χ1v) is 7.48. The molecule has 0 radical (unpaired) electrons. The van der Waals surface area contributed by atoms with E-state index in [0.29, 0.717) is 0 Å². The SMILES string of the molecule is c1ccc(-c2ccccc2)cc1.c1ccc2ccccc2c1. The molecular formula is C22H18. The van der Waals surface area contributed by atoms with Crippen LogP contribution in [-0.4, -0.2) is 0 Å². The van der Waals surface area contributed by atoms with Crippen LogP contribution in [0.5, 0.6) is 0 Å². The molecule has 0 aliphatic rings. The zero-order valence-corrected chi connectivity index (χ0v) is 12.4. The zero-order chi connectivity index (χ0) is 15.0. The normalized spacial score (nSPS) is 9.82. The van der Waals surface area contributed by atoms with E-state index in [1.807, 2.05) is 12.1 Å². The topological polar surface area (TPSA) is 0 Å². The fraction of sp³-hybridized carbons (Fsp3) is 0. The Labute approximate surface area is 131 Å². The van der Waals surface area contributed by atoms with E-state index in [-0.39, 0.29) is 0 Å². The van der Waals surface area contributed by atoms with E-state index in [1.54, 1.807) is 0 Å². The molecular weight excluding hydrogens is 264 g/mol. The highest BCUT2D eigenvalue weighted by Gasteiger charge is 1.91. The molecule has 4 aromatic carbocycles. The molecule has 0 saturated carbocycles. The summed E-state index contributed by atoms with van der Waals surface area (Å²) in [5.74, 6) is 0. The van der Waals surface area contributed by atoms with Crippen LogP contribution in [-0.2, 0) is 0 Å². The third-order valence-electron chi connectivity index (χ3n) is 3.54. The van der Waals surface area contributed by atoms with E-state index in [4.69, 9.17) is 0 Å². The molecule has 0 saturated heterocycles. The third kappa shape index (κ3) is 3.62. The number of rotatable bonds is 1. The molecule has 4 rings (SSSR count). The predicted molar refractivity (Wildman–Crippen MR) is 95.8 cm³/mol. The van der Waals surface area contributed by atoms with Crippen LogP contribution in [0.15, 0.2) is 109 Å². The average molecular weight is 282 g/mol. The highest BCUT2D eigenvalue weighted by molar-refractivity contribution is 5.82. The lowest BCUT2D eigenvalue weighted by atomic mass is 10.1. The van der Waals surface area contributed by atoms with Gasteiger partial charge in [-0.05, 0) is 21.9 Å². The van der Waals surface area contributed by atoms with E-state index in [1.165, 1.54) is 21.9 Å². The fourth-order valence-corrected chi connectivity index (χ4v) is 2.39. The standard InChI is InChI=1S/C12H10.C10H8/c1-3-7-11(8-4-1)12-9-5-2-6-10-12;1-2-6-10-8-4-3-7-9(10)5-1/h1-10H;1-8H. The lowest BCUT2D eigenvalue weighted by molar-refractivity contribution is 1.62. The van der Waals surface area contributed by atoms with Crippen molar-refractivity contribution in [3.8, 4) is 11.1 Å². The Bertz CT molecular complexity index is 715. The van der Waals surface area contributed by atoms with Gasteiger partial charge in [0.1, 0.15) is 0 Å². The Balaban J connectivity index is 0.000000133. The molecule has 0 heterocycles. The van der Waals surface area contributed by atoms with Crippen LogP contribution in [0.3, 0.4) is 0 Å². The Hall–Kier alpha value is -2.86. The maximum atomic E-state index is 2.12. The Morgan fingerprint density at radius 2 is 0.545 bits per heavy atom. The molecule has 106 valence electrons. The summed E-state index contributed by atoms with van der Waals surface area (Å²) in [6, 6.07) is 37.5. The Morgan fingerprint density at radius 3 is 0.864 bits per heavy atom. The number of hydrogen-bond donors (Lipinski definition) is 0.